The van der Waals surface area contributed by atoms with Crippen LogP contribution in [0.1, 0.15) is 11.1 Å². The lowest BCUT2D eigenvalue weighted by atomic mass is 10.1. The molecular weight excluding hydrogens is 202 g/mol. The average Bonchev–Trinajstić information content (AvgIpc) is 2.17. The zero-order valence-electron chi connectivity index (χ0n) is 7.23. The Bertz CT molecular complexity index is 440. The predicted molar refractivity (Wildman–Crippen MR) is 53.0 cm³/mol. The molecule has 6 heteroatoms. The molecule has 0 atom stereocenters. The first-order valence-electron chi connectivity index (χ1n) is 3.81. The molecule has 0 aliphatic rings. The fourth-order valence-electron chi connectivity index (χ4n) is 1.01. The summed E-state index contributed by atoms with van der Waals surface area (Å²) < 4.78 is 22.9. The van der Waals surface area contributed by atoms with Crippen LogP contribution >= 0.6 is 0 Å². The molecule has 74 valence electrons. The zero-order chi connectivity index (χ0) is 10.6. The van der Waals surface area contributed by atoms with Gasteiger partial charge in [0.1, 0.15) is 6.07 Å². The quantitative estimate of drug-likeness (QED) is 0.611. The van der Waals surface area contributed by atoms with Crippen molar-refractivity contribution in [3.05, 3.63) is 29.3 Å². The SMILES string of the molecule is N#Cc1cc(CN)ccc1N[SH](=O)=O. The molecule has 0 unspecified atom stereocenters. The number of hydrogen-bond acceptors (Lipinski definition) is 4. The molecule has 0 fully saturated rings. The summed E-state index contributed by atoms with van der Waals surface area (Å²) in [6.45, 7) is 0.318. The molecule has 0 saturated heterocycles. The van der Waals surface area contributed by atoms with Crippen LogP contribution in [0.5, 0.6) is 0 Å². The first kappa shape index (κ1) is 10.5. The summed E-state index contributed by atoms with van der Waals surface area (Å²) in [4.78, 5) is 0. The minimum atomic E-state index is -2.74. The Labute approximate surface area is 83.2 Å². The third-order valence-corrected chi connectivity index (χ3v) is 2.08. The summed E-state index contributed by atoms with van der Waals surface area (Å²) in [6.07, 6.45) is 0. The number of nitrogens with two attached hydrogens (primary N) is 1. The fraction of sp³-hybridized carbons (Fsp3) is 0.125. The maximum Gasteiger partial charge on any atom is 0.222 e. The van der Waals surface area contributed by atoms with Crippen molar-refractivity contribution in [2.75, 3.05) is 4.72 Å². The third-order valence-electron chi connectivity index (χ3n) is 1.65. The second kappa shape index (κ2) is 4.60. The van der Waals surface area contributed by atoms with Crippen LogP contribution in [-0.2, 0) is 17.4 Å². The van der Waals surface area contributed by atoms with Crippen molar-refractivity contribution in [3.63, 3.8) is 0 Å². The Kier molecular flexibility index (Phi) is 3.45. The van der Waals surface area contributed by atoms with Crippen LogP contribution in [0.3, 0.4) is 0 Å². The molecule has 0 spiro atoms. The molecule has 0 aliphatic heterocycles. The predicted octanol–water partition coefficient (Wildman–Crippen LogP) is -0.0447. The minimum absolute atomic E-state index is 0.271. The Balaban J connectivity index is 3.13. The van der Waals surface area contributed by atoms with Crippen molar-refractivity contribution < 1.29 is 8.42 Å². The maximum absolute atomic E-state index is 10.4. The Morgan fingerprint density at radius 1 is 1.50 bits per heavy atom. The van der Waals surface area contributed by atoms with Gasteiger partial charge in [-0.05, 0) is 17.7 Å². The molecule has 0 saturated carbocycles. The number of nitriles is 1. The molecule has 3 N–H and O–H groups in total. The summed E-state index contributed by atoms with van der Waals surface area (Å²) >= 11 is 0. The molecule has 0 aliphatic carbocycles. The van der Waals surface area contributed by atoms with E-state index in [-0.39, 0.29) is 11.3 Å². The highest BCUT2D eigenvalue weighted by Gasteiger charge is 2.02. The first-order valence-corrected chi connectivity index (χ1v) is 4.99. The van der Waals surface area contributed by atoms with Crippen LogP contribution in [0, 0.1) is 11.3 Å². The van der Waals surface area contributed by atoms with Gasteiger partial charge in [-0.15, -0.1) is 0 Å². The molecule has 0 aromatic heterocycles. The zero-order valence-corrected chi connectivity index (χ0v) is 8.12. The lowest BCUT2D eigenvalue weighted by molar-refractivity contribution is 0.619. The number of benzene rings is 1. The van der Waals surface area contributed by atoms with Gasteiger partial charge in [-0.2, -0.15) is 5.26 Å². The van der Waals surface area contributed by atoms with Gasteiger partial charge in [-0.3, -0.25) is 4.72 Å². The van der Waals surface area contributed by atoms with Crippen LogP contribution in [0.15, 0.2) is 18.2 Å². The van der Waals surface area contributed by atoms with Gasteiger partial charge in [0.05, 0.1) is 11.3 Å². The normalized spacial score (nSPS) is 9.79. The lowest BCUT2D eigenvalue weighted by Gasteiger charge is -2.03. The van der Waals surface area contributed by atoms with Crippen LogP contribution in [0.25, 0.3) is 0 Å². The molecule has 0 radical (unpaired) electrons. The average molecular weight is 211 g/mol. The maximum atomic E-state index is 10.4. The first-order chi connectivity index (χ1) is 6.67. The van der Waals surface area contributed by atoms with Crippen LogP contribution in [-0.4, -0.2) is 8.42 Å². The van der Waals surface area contributed by atoms with Gasteiger partial charge in [0.25, 0.3) is 0 Å². The van der Waals surface area contributed by atoms with Gasteiger partial charge < -0.3 is 5.73 Å². The van der Waals surface area contributed by atoms with Gasteiger partial charge in [-0.1, -0.05) is 6.07 Å². The number of nitrogens with zero attached hydrogens (tertiary/aromatic N) is 1. The Hall–Kier alpha value is -1.58. The van der Waals surface area contributed by atoms with Gasteiger partial charge in [0, 0.05) is 6.54 Å². The molecule has 1 aromatic rings. The molecule has 1 aromatic carbocycles. The number of anilines is 1. The summed E-state index contributed by atoms with van der Waals surface area (Å²) in [7, 11) is -2.74. The van der Waals surface area contributed by atoms with E-state index in [4.69, 9.17) is 11.0 Å². The van der Waals surface area contributed by atoms with Crippen LogP contribution in [0.4, 0.5) is 5.69 Å². The van der Waals surface area contributed by atoms with Gasteiger partial charge >= 0.3 is 0 Å². The molecule has 14 heavy (non-hydrogen) atoms. The van der Waals surface area contributed by atoms with E-state index in [1.807, 2.05) is 6.07 Å². The van der Waals surface area contributed by atoms with Crippen molar-refractivity contribution in [2.45, 2.75) is 6.54 Å². The summed E-state index contributed by atoms with van der Waals surface area (Å²) in [5.74, 6) is 0. The number of hydrogen-bond donors (Lipinski definition) is 3. The third kappa shape index (κ3) is 2.45. The van der Waals surface area contributed by atoms with Gasteiger partial charge in [0.15, 0.2) is 0 Å². The van der Waals surface area contributed by atoms with Crippen molar-refractivity contribution in [1.29, 1.82) is 5.26 Å². The summed E-state index contributed by atoms with van der Waals surface area (Å²) in [5, 5.41) is 8.72. The molecule has 0 bridgehead atoms. The van der Waals surface area contributed by atoms with E-state index in [1.165, 1.54) is 6.07 Å². The van der Waals surface area contributed by atoms with Crippen LogP contribution in [0.2, 0.25) is 0 Å². The van der Waals surface area contributed by atoms with Crippen molar-refractivity contribution in [3.8, 4) is 6.07 Å². The molecule has 0 amide bonds. The van der Waals surface area contributed by atoms with Gasteiger partial charge in [0.2, 0.25) is 10.9 Å². The van der Waals surface area contributed by atoms with Gasteiger partial charge in [-0.25, -0.2) is 8.42 Å². The number of thiol groups is 1. The van der Waals surface area contributed by atoms with E-state index in [9.17, 15) is 8.42 Å². The lowest BCUT2D eigenvalue weighted by Crippen LogP contribution is -2.01. The monoisotopic (exact) mass is 211 g/mol. The second-order valence-electron chi connectivity index (χ2n) is 2.56. The largest absolute Gasteiger partial charge is 0.326 e. The van der Waals surface area contributed by atoms with Crippen molar-refractivity contribution in [1.82, 2.24) is 0 Å². The summed E-state index contributed by atoms with van der Waals surface area (Å²) in [5.41, 5.74) is 6.71. The highest BCUT2D eigenvalue weighted by Crippen LogP contribution is 2.16. The number of rotatable bonds is 3. The highest BCUT2D eigenvalue weighted by atomic mass is 32.2. The van der Waals surface area contributed by atoms with E-state index in [2.05, 4.69) is 4.72 Å². The van der Waals surface area contributed by atoms with E-state index in [0.29, 0.717) is 6.54 Å². The standard InChI is InChI=1S/C8H9N3O2S/c9-4-6-1-2-8(11-14(12)13)7(3-6)5-10/h1-3,14H,4,9H2,(H,11,12,13). The van der Waals surface area contributed by atoms with E-state index < -0.39 is 10.9 Å². The minimum Gasteiger partial charge on any atom is -0.326 e. The van der Waals surface area contributed by atoms with Crippen molar-refractivity contribution in [2.24, 2.45) is 5.73 Å². The molecule has 1 rings (SSSR count). The molecule has 5 nitrogen and oxygen atoms in total. The Morgan fingerprint density at radius 2 is 2.21 bits per heavy atom. The molecular formula is C8H9N3O2S. The number of nitrogens with one attached hydrogen (secondary N) is 1. The highest BCUT2D eigenvalue weighted by molar-refractivity contribution is 7.73. The van der Waals surface area contributed by atoms with E-state index >= 15 is 0 Å². The van der Waals surface area contributed by atoms with E-state index in [1.54, 1.807) is 12.1 Å². The topological polar surface area (TPSA) is 96.0 Å². The molecule has 0 heterocycles. The van der Waals surface area contributed by atoms with Crippen LogP contribution < -0.4 is 10.5 Å². The van der Waals surface area contributed by atoms with E-state index in [0.717, 1.165) is 5.56 Å². The second-order valence-corrected chi connectivity index (χ2v) is 3.30. The summed E-state index contributed by atoms with van der Waals surface area (Å²) in [6, 6.07) is 6.64. The smallest absolute Gasteiger partial charge is 0.222 e. The van der Waals surface area contributed by atoms with Crippen molar-refractivity contribution >= 4 is 16.6 Å². The fourth-order valence-corrected chi connectivity index (χ4v) is 1.40. The Morgan fingerprint density at radius 3 is 2.71 bits per heavy atom.